The maximum atomic E-state index is 11.9. The van der Waals surface area contributed by atoms with Crippen molar-refractivity contribution < 1.29 is 28.2 Å². The summed E-state index contributed by atoms with van der Waals surface area (Å²) in [5.74, 6) is 5.37. The van der Waals surface area contributed by atoms with Crippen molar-refractivity contribution >= 4 is 21.5 Å². The van der Waals surface area contributed by atoms with E-state index < -0.39 is 33.1 Å². The topological polar surface area (TPSA) is 104 Å². The quantitative estimate of drug-likeness (QED) is 0.725. The van der Waals surface area contributed by atoms with Crippen LogP contribution in [-0.4, -0.2) is 54.7 Å². The zero-order chi connectivity index (χ0) is 19.8. The number of carboxylic acids is 1. The molecular weight excluding hydrogens is 370 g/mol. The maximum absolute atomic E-state index is 11.9. The molecule has 0 radical (unpaired) electrons. The van der Waals surface area contributed by atoms with Gasteiger partial charge in [0.05, 0.1) is 6.10 Å². The first-order valence-corrected chi connectivity index (χ1v) is 10.6. The van der Waals surface area contributed by atoms with Crippen LogP contribution in [0.4, 0.5) is 5.69 Å². The van der Waals surface area contributed by atoms with Gasteiger partial charge in [0.25, 0.3) is 0 Å². The smallest absolute Gasteiger partial charge is 0.324 e. The summed E-state index contributed by atoms with van der Waals surface area (Å²) in [6.45, 7) is 1.35. The molecule has 1 aliphatic heterocycles. The van der Waals surface area contributed by atoms with E-state index in [2.05, 4.69) is 11.8 Å². The van der Waals surface area contributed by atoms with Crippen LogP contribution in [0.25, 0.3) is 0 Å². The maximum Gasteiger partial charge on any atom is 0.324 e. The molecule has 27 heavy (non-hydrogen) atoms. The van der Waals surface area contributed by atoms with Crippen molar-refractivity contribution in [3.05, 3.63) is 29.8 Å². The molecule has 0 spiro atoms. The van der Waals surface area contributed by atoms with Gasteiger partial charge in [0.1, 0.15) is 0 Å². The van der Waals surface area contributed by atoms with Gasteiger partial charge in [-0.3, -0.25) is 4.79 Å². The van der Waals surface area contributed by atoms with Crippen LogP contribution in [0.15, 0.2) is 24.3 Å². The van der Waals surface area contributed by atoms with Crippen LogP contribution in [-0.2, 0) is 19.4 Å². The number of sulfone groups is 1. The number of nitrogens with zero attached hydrogens (tertiary/aromatic N) is 1. The molecule has 7 nitrogen and oxygen atoms in total. The molecular formula is C19H23NO6S. The molecule has 2 N–H and O–H groups in total. The number of rotatable bonds is 5. The van der Waals surface area contributed by atoms with E-state index >= 15 is 0 Å². The molecule has 0 aromatic heterocycles. The number of aliphatic carboxylic acids is 1. The first-order chi connectivity index (χ1) is 12.6. The van der Waals surface area contributed by atoms with Crippen molar-refractivity contribution in [3.63, 3.8) is 0 Å². The number of aliphatic hydroxyl groups is 1. The van der Waals surface area contributed by atoms with Gasteiger partial charge in [0, 0.05) is 36.4 Å². The third kappa shape index (κ3) is 4.26. The van der Waals surface area contributed by atoms with E-state index in [0.717, 1.165) is 31.6 Å². The predicted octanol–water partition coefficient (Wildman–Crippen LogP) is 1.21. The van der Waals surface area contributed by atoms with E-state index in [-0.39, 0.29) is 13.0 Å². The van der Waals surface area contributed by atoms with Crippen molar-refractivity contribution in [1.82, 2.24) is 0 Å². The fourth-order valence-electron chi connectivity index (χ4n) is 2.92. The molecule has 1 aromatic carbocycles. The van der Waals surface area contributed by atoms with E-state index in [1.165, 1.54) is 0 Å². The zero-order valence-corrected chi connectivity index (χ0v) is 16.1. The Hall–Kier alpha value is -2.08. The summed E-state index contributed by atoms with van der Waals surface area (Å²) < 4.78 is 27.3. The second-order valence-corrected chi connectivity index (χ2v) is 9.78. The molecule has 1 saturated heterocycles. The van der Waals surface area contributed by atoms with Crippen LogP contribution in [0, 0.1) is 17.8 Å². The minimum Gasteiger partial charge on any atom is -0.480 e. The van der Waals surface area contributed by atoms with Gasteiger partial charge in [0.15, 0.2) is 14.6 Å². The van der Waals surface area contributed by atoms with Crippen molar-refractivity contribution in [2.75, 3.05) is 17.7 Å². The molecule has 0 amide bonds. The molecule has 0 bridgehead atoms. The SMILES string of the molecule is CC(CC1CN(c2ccc(C#CC3CC3)cc2)C(O)O1)(C(=O)O)S(C)(=O)=O. The van der Waals surface area contributed by atoms with Crippen molar-refractivity contribution in [2.24, 2.45) is 5.92 Å². The van der Waals surface area contributed by atoms with Crippen LogP contribution in [0.2, 0.25) is 0 Å². The summed E-state index contributed by atoms with van der Waals surface area (Å²) >= 11 is 0. The Morgan fingerprint density at radius 2 is 1.96 bits per heavy atom. The fraction of sp³-hybridized carbons (Fsp3) is 0.526. The number of carboxylic acid groups (broad SMARTS) is 1. The van der Waals surface area contributed by atoms with Crippen molar-refractivity contribution in [2.45, 2.75) is 43.5 Å². The number of anilines is 1. The Kier molecular flexibility index (Phi) is 5.21. The number of carbonyl (C=O) groups is 1. The molecule has 1 aliphatic carbocycles. The summed E-state index contributed by atoms with van der Waals surface area (Å²) in [5, 5.41) is 19.6. The highest BCUT2D eigenvalue weighted by molar-refractivity contribution is 7.92. The lowest BCUT2D eigenvalue weighted by Gasteiger charge is -2.25. The van der Waals surface area contributed by atoms with Gasteiger partial charge in [0.2, 0.25) is 6.41 Å². The molecule has 8 heteroatoms. The zero-order valence-electron chi connectivity index (χ0n) is 15.3. The van der Waals surface area contributed by atoms with Gasteiger partial charge >= 0.3 is 5.97 Å². The lowest BCUT2D eigenvalue weighted by atomic mass is 10.0. The van der Waals surface area contributed by atoms with E-state index in [1.807, 2.05) is 12.1 Å². The van der Waals surface area contributed by atoms with Crippen LogP contribution in [0.5, 0.6) is 0 Å². The van der Waals surface area contributed by atoms with Crippen molar-refractivity contribution in [1.29, 1.82) is 0 Å². The molecule has 2 aliphatic rings. The molecule has 1 heterocycles. The van der Waals surface area contributed by atoms with Crippen LogP contribution in [0.1, 0.15) is 31.7 Å². The lowest BCUT2D eigenvalue weighted by Crippen LogP contribution is -2.46. The second-order valence-electron chi connectivity index (χ2n) is 7.34. The number of ether oxygens (including phenoxy) is 1. The Balaban J connectivity index is 1.71. The molecule has 2 fully saturated rings. The van der Waals surface area contributed by atoms with Gasteiger partial charge in [-0.15, -0.1) is 0 Å². The monoisotopic (exact) mass is 393 g/mol. The number of hydrogen-bond acceptors (Lipinski definition) is 6. The molecule has 1 saturated carbocycles. The summed E-state index contributed by atoms with van der Waals surface area (Å²) in [6, 6.07) is 7.31. The normalized spacial score (nSPS) is 24.8. The summed E-state index contributed by atoms with van der Waals surface area (Å²) in [7, 11) is -3.86. The Morgan fingerprint density at radius 3 is 2.48 bits per heavy atom. The minimum absolute atomic E-state index is 0.187. The largest absolute Gasteiger partial charge is 0.480 e. The summed E-state index contributed by atoms with van der Waals surface area (Å²) in [5.41, 5.74) is 1.57. The van der Waals surface area contributed by atoms with Crippen molar-refractivity contribution in [3.8, 4) is 11.8 Å². The Bertz CT molecular complexity index is 881. The third-order valence-electron chi connectivity index (χ3n) is 5.07. The molecule has 3 unspecified atom stereocenters. The van der Waals surface area contributed by atoms with E-state index in [1.54, 1.807) is 17.0 Å². The van der Waals surface area contributed by atoms with Gasteiger partial charge in [-0.2, -0.15) is 0 Å². The standard InChI is InChI=1S/C19H23NO6S/c1-19(17(21)22,27(2,24)25)11-16-12-20(18(23)26-16)15-9-7-14(8-10-15)6-5-13-3-4-13/h7-10,13,16,18,23H,3-4,11-12H2,1-2H3,(H,21,22). The fourth-order valence-corrected chi connectivity index (χ4v) is 3.73. The average molecular weight is 393 g/mol. The molecule has 3 atom stereocenters. The lowest BCUT2D eigenvalue weighted by molar-refractivity contribution is -0.142. The summed E-state index contributed by atoms with van der Waals surface area (Å²) in [6.07, 6.45) is 0.964. The first-order valence-electron chi connectivity index (χ1n) is 8.75. The van der Waals surface area contributed by atoms with Gasteiger partial charge in [-0.25, -0.2) is 8.42 Å². The van der Waals surface area contributed by atoms with Crippen LogP contribution >= 0.6 is 0 Å². The summed E-state index contributed by atoms with van der Waals surface area (Å²) in [4.78, 5) is 13.1. The highest BCUT2D eigenvalue weighted by Crippen LogP contribution is 2.31. The highest BCUT2D eigenvalue weighted by atomic mass is 32.2. The number of benzene rings is 1. The molecule has 146 valence electrons. The number of hydrogen-bond donors (Lipinski definition) is 2. The highest BCUT2D eigenvalue weighted by Gasteiger charge is 2.48. The number of aliphatic hydroxyl groups excluding tert-OH is 1. The van der Waals surface area contributed by atoms with Gasteiger partial charge in [-0.1, -0.05) is 11.8 Å². The predicted molar refractivity (Wildman–Crippen MR) is 99.8 cm³/mol. The van der Waals surface area contributed by atoms with E-state index in [9.17, 15) is 23.4 Å². The van der Waals surface area contributed by atoms with Crippen LogP contribution in [0.3, 0.4) is 0 Å². The van der Waals surface area contributed by atoms with E-state index in [4.69, 9.17) is 4.74 Å². The minimum atomic E-state index is -3.86. The first kappa shape index (κ1) is 19.7. The van der Waals surface area contributed by atoms with Gasteiger partial charge in [-0.05, 0) is 44.0 Å². The average Bonchev–Trinajstić information content (AvgIpc) is 3.35. The van der Waals surface area contributed by atoms with Crippen LogP contribution < -0.4 is 4.90 Å². The molecule has 3 rings (SSSR count). The van der Waals surface area contributed by atoms with E-state index in [0.29, 0.717) is 11.6 Å². The van der Waals surface area contributed by atoms with Gasteiger partial charge < -0.3 is 19.8 Å². The third-order valence-corrected chi connectivity index (χ3v) is 7.04. The second kappa shape index (κ2) is 7.15. The molecule has 1 aromatic rings. The Labute approximate surface area is 158 Å². The Morgan fingerprint density at radius 1 is 1.33 bits per heavy atom.